The second-order valence-electron chi connectivity index (χ2n) is 7.61. The molecule has 0 radical (unpaired) electrons. The second-order valence-corrected chi connectivity index (χ2v) is 8.88. The van der Waals surface area contributed by atoms with E-state index < -0.39 is 8.53 Å². The molecule has 0 amide bonds. The van der Waals surface area contributed by atoms with Crippen molar-refractivity contribution in [3.8, 4) is 5.75 Å². The van der Waals surface area contributed by atoms with Gasteiger partial charge in [-0.1, -0.05) is 32.0 Å². The third kappa shape index (κ3) is 8.39. The molecule has 1 saturated heterocycles. The predicted molar refractivity (Wildman–Crippen MR) is 138 cm³/mol. The number of benzene rings is 1. The minimum absolute atomic E-state index is 0.0113. The Balaban J connectivity index is 0.000000583. The summed E-state index contributed by atoms with van der Waals surface area (Å²) < 4.78 is 24.3. The van der Waals surface area contributed by atoms with Gasteiger partial charge in [-0.2, -0.15) is 5.10 Å². The van der Waals surface area contributed by atoms with Crippen LogP contribution in [-0.4, -0.2) is 59.1 Å². The number of carbonyl (C=O) groups is 1. The van der Waals surface area contributed by atoms with Crippen LogP contribution in [-0.2, 0) is 18.8 Å². The van der Waals surface area contributed by atoms with E-state index in [0.29, 0.717) is 31.4 Å². The lowest BCUT2D eigenvalue weighted by Gasteiger charge is -2.20. The Hall–Kier alpha value is -2.82. The number of ether oxygens (including phenoxy) is 2. The Morgan fingerprint density at radius 2 is 2.00 bits per heavy atom. The van der Waals surface area contributed by atoms with Crippen molar-refractivity contribution in [1.82, 2.24) is 19.7 Å². The van der Waals surface area contributed by atoms with Crippen LogP contribution in [0.3, 0.4) is 0 Å². The van der Waals surface area contributed by atoms with Gasteiger partial charge in [0.2, 0.25) is 0 Å². The first-order valence-electron chi connectivity index (χ1n) is 11.7. The Morgan fingerprint density at radius 1 is 1.25 bits per heavy atom. The number of hydrogen-bond acceptors (Lipinski definition) is 10. The summed E-state index contributed by atoms with van der Waals surface area (Å²) in [4.78, 5) is 13.2. The fourth-order valence-corrected chi connectivity index (χ4v) is 4.70. The van der Waals surface area contributed by atoms with Gasteiger partial charge in [0.1, 0.15) is 23.7 Å². The summed E-state index contributed by atoms with van der Waals surface area (Å²) in [6.07, 6.45) is 2.29. The van der Waals surface area contributed by atoms with Crippen molar-refractivity contribution in [2.75, 3.05) is 32.6 Å². The Kier molecular flexibility index (Phi) is 13.1. The second kappa shape index (κ2) is 16.0. The summed E-state index contributed by atoms with van der Waals surface area (Å²) in [5.74, 6) is 1.58. The van der Waals surface area contributed by atoms with E-state index in [9.17, 15) is 4.79 Å². The number of fused-ring (bicyclic) bond motifs is 1. The summed E-state index contributed by atoms with van der Waals surface area (Å²) in [5, 5.41) is 14.6. The van der Waals surface area contributed by atoms with Gasteiger partial charge in [0.05, 0.1) is 25.0 Å². The number of nitrogen functional groups attached to an aromatic ring is 1. The third-order valence-corrected chi connectivity index (χ3v) is 6.46. The highest BCUT2D eigenvalue weighted by molar-refractivity contribution is 7.45. The van der Waals surface area contributed by atoms with Crippen LogP contribution in [0.2, 0.25) is 0 Å². The molecule has 36 heavy (non-hydrogen) atoms. The number of aliphatic hydroxyl groups is 1. The van der Waals surface area contributed by atoms with Gasteiger partial charge in [-0.05, 0) is 43.5 Å². The van der Waals surface area contributed by atoms with Crippen molar-refractivity contribution in [2.45, 2.75) is 39.4 Å². The predicted octanol–water partition coefficient (Wildman–Crippen LogP) is 3.50. The summed E-state index contributed by atoms with van der Waals surface area (Å²) in [6.45, 7) is 8.11. The van der Waals surface area contributed by atoms with Gasteiger partial charge < -0.3 is 29.4 Å². The van der Waals surface area contributed by atoms with Crippen molar-refractivity contribution in [3.63, 3.8) is 0 Å². The van der Waals surface area contributed by atoms with E-state index in [1.165, 1.54) is 6.33 Å². The van der Waals surface area contributed by atoms with Crippen LogP contribution >= 0.6 is 8.53 Å². The number of nitrogens with two attached hydrogens (primary N) is 1. The highest BCUT2D eigenvalue weighted by atomic mass is 31.2. The van der Waals surface area contributed by atoms with E-state index >= 15 is 0 Å². The highest BCUT2D eigenvalue weighted by Crippen LogP contribution is 2.41. The van der Waals surface area contributed by atoms with Crippen LogP contribution in [0, 0.1) is 5.92 Å². The molecule has 4 rings (SSSR count). The summed E-state index contributed by atoms with van der Waals surface area (Å²) in [5.41, 5.74) is 7.73. The molecule has 0 spiro atoms. The quantitative estimate of drug-likeness (QED) is 0.268. The number of rotatable bonds is 10. The Bertz CT molecular complexity index is 1020. The van der Waals surface area contributed by atoms with E-state index in [0.717, 1.165) is 37.0 Å². The molecule has 0 aliphatic carbocycles. The van der Waals surface area contributed by atoms with Crippen molar-refractivity contribution in [2.24, 2.45) is 5.92 Å². The maximum Gasteiger partial charge on any atom is 0.318 e. The number of aromatic nitrogens is 3. The number of aliphatic hydroxyl groups excluding tert-OH is 1. The van der Waals surface area contributed by atoms with Crippen molar-refractivity contribution >= 4 is 26.3 Å². The van der Waals surface area contributed by atoms with Gasteiger partial charge in [0.15, 0.2) is 5.82 Å². The van der Waals surface area contributed by atoms with E-state index in [1.54, 1.807) is 6.92 Å². The van der Waals surface area contributed by atoms with Gasteiger partial charge >= 0.3 is 8.53 Å². The third-order valence-electron chi connectivity index (χ3n) is 5.12. The standard InChI is InChI=1S/C20H26N5O3P.C3H6O2.CH4O/c1-3-24-29(28-15-7-5-4-6-8-15)26-12-16-11-14(2)19(27-16)17-9-10-18-20(21)22-13-23-25(17)18;1-2-5-3-4;1-2/h4-10,13-14,16,19,24H,3,11-12H2,1-2H3,(H2,21,22,23);3H,2H2,1H3;2H,1H3. The lowest BCUT2D eigenvalue weighted by molar-refractivity contribution is -0.128. The molecule has 1 aromatic carbocycles. The molecule has 1 fully saturated rings. The zero-order valence-corrected chi connectivity index (χ0v) is 22.0. The fourth-order valence-electron chi connectivity index (χ4n) is 3.62. The van der Waals surface area contributed by atoms with Crippen LogP contribution in [0.4, 0.5) is 5.82 Å². The molecule has 1 aliphatic heterocycles. The number of hydrogen-bond donors (Lipinski definition) is 3. The smallest absolute Gasteiger partial charge is 0.318 e. The van der Waals surface area contributed by atoms with Crippen molar-refractivity contribution in [1.29, 1.82) is 0 Å². The van der Waals surface area contributed by atoms with E-state index in [1.807, 2.05) is 53.9 Å². The maximum absolute atomic E-state index is 9.18. The summed E-state index contributed by atoms with van der Waals surface area (Å²) >= 11 is 0. The Labute approximate surface area is 212 Å². The van der Waals surface area contributed by atoms with E-state index in [4.69, 9.17) is 24.6 Å². The molecule has 11 nitrogen and oxygen atoms in total. The molecule has 4 unspecified atom stereocenters. The molecule has 3 heterocycles. The van der Waals surface area contributed by atoms with Gasteiger partial charge in [-0.3, -0.25) is 4.79 Å². The number of para-hydroxylation sites is 1. The monoisotopic (exact) mass is 521 g/mol. The first-order valence-corrected chi connectivity index (χ1v) is 12.9. The molecular formula is C24H36N5O6P. The van der Waals surface area contributed by atoms with Crippen LogP contribution in [0.1, 0.15) is 39.0 Å². The minimum atomic E-state index is -1.23. The SMILES string of the molecule is CCNP(OCC1CC(C)C(c2ccc3c(N)ncnn23)O1)Oc1ccccc1.CCOC=O.CO. The lowest BCUT2D eigenvalue weighted by Crippen LogP contribution is -2.19. The molecule has 2 aromatic heterocycles. The molecule has 1 aliphatic rings. The Morgan fingerprint density at radius 3 is 2.64 bits per heavy atom. The maximum atomic E-state index is 9.18. The average molecular weight is 522 g/mol. The first kappa shape index (κ1) is 29.4. The highest BCUT2D eigenvalue weighted by Gasteiger charge is 2.36. The topological polar surface area (TPSA) is 142 Å². The fraction of sp³-hybridized carbons (Fsp3) is 0.458. The molecule has 3 aromatic rings. The van der Waals surface area contributed by atoms with Gasteiger partial charge in [0, 0.05) is 13.7 Å². The molecular weight excluding hydrogens is 485 g/mol. The first-order chi connectivity index (χ1) is 17.6. The number of anilines is 1. The van der Waals surface area contributed by atoms with Gasteiger partial charge in [-0.25, -0.2) is 14.6 Å². The largest absolute Gasteiger partial charge is 0.468 e. The van der Waals surface area contributed by atoms with Crippen molar-refractivity contribution < 1.29 is 28.4 Å². The molecule has 12 heteroatoms. The molecule has 4 atom stereocenters. The van der Waals surface area contributed by atoms with Crippen LogP contribution < -0.4 is 15.3 Å². The van der Waals surface area contributed by atoms with Crippen LogP contribution in [0.25, 0.3) is 5.52 Å². The van der Waals surface area contributed by atoms with Crippen molar-refractivity contribution in [3.05, 3.63) is 54.5 Å². The van der Waals surface area contributed by atoms with Gasteiger partial charge in [-0.15, -0.1) is 0 Å². The number of nitrogens with zero attached hydrogens (tertiary/aromatic N) is 3. The molecule has 0 bridgehead atoms. The summed E-state index contributed by atoms with van der Waals surface area (Å²) in [6, 6.07) is 13.6. The van der Waals surface area contributed by atoms with Crippen LogP contribution in [0.5, 0.6) is 5.75 Å². The van der Waals surface area contributed by atoms with Gasteiger partial charge in [0.25, 0.3) is 6.47 Å². The zero-order valence-electron chi connectivity index (χ0n) is 21.1. The normalized spacial score (nSPS) is 19.4. The molecule has 4 N–H and O–H groups in total. The van der Waals surface area contributed by atoms with Crippen LogP contribution in [0.15, 0.2) is 48.8 Å². The average Bonchev–Trinajstić information content (AvgIpc) is 3.49. The minimum Gasteiger partial charge on any atom is -0.468 e. The van der Waals surface area contributed by atoms with E-state index in [2.05, 4.69) is 26.8 Å². The lowest BCUT2D eigenvalue weighted by atomic mass is 10.00. The van der Waals surface area contributed by atoms with E-state index in [-0.39, 0.29) is 12.2 Å². The zero-order chi connectivity index (χ0) is 26.3. The number of nitrogens with one attached hydrogen (secondary N) is 1. The number of carbonyl (C=O) groups excluding carboxylic acids is 1. The molecule has 198 valence electrons. The molecule has 0 saturated carbocycles. The summed E-state index contributed by atoms with van der Waals surface area (Å²) in [7, 11) is -0.232.